The molecule has 3 heterocycles. The minimum absolute atomic E-state index is 0.0349. The van der Waals surface area contributed by atoms with Crippen molar-refractivity contribution in [2.75, 3.05) is 13.1 Å². The predicted octanol–water partition coefficient (Wildman–Crippen LogP) is 7.53. The fourth-order valence-electron chi connectivity index (χ4n) is 5.69. The molecule has 0 radical (unpaired) electrons. The molecule has 10 heteroatoms. The lowest BCUT2D eigenvalue weighted by Gasteiger charge is -2.44. The third kappa shape index (κ3) is 6.82. The average Bonchev–Trinajstić information content (AvgIpc) is 2.99. The zero-order chi connectivity index (χ0) is 30.0. The molecule has 43 heavy (non-hydrogen) atoms. The van der Waals surface area contributed by atoms with Crippen molar-refractivity contribution in [3.05, 3.63) is 112 Å². The zero-order valence-corrected chi connectivity index (χ0v) is 25.7. The van der Waals surface area contributed by atoms with Gasteiger partial charge in [0.05, 0.1) is 27.2 Å². The highest BCUT2D eigenvalue weighted by Gasteiger charge is 2.41. The fraction of sp³-hybridized carbons (Fsp3) is 0.273. The maximum absolute atomic E-state index is 12.8. The van der Waals surface area contributed by atoms with Gasteiger partial charge in [0.2, 0.25) is 0 Å². The van der Waals surface area contributed by atoms with E-state index in [0.717, 1.165) is 40.8 Å². The molecular weight excluding hydrogens is 607 g/mol. The van der Waals surface area contributed by atoms with Crippen LogP contribution in [-0.2, 0) is 27.8 Å². The molecule has 222 valence electrons. The van der Waals surface area contributed by atoms with Gasteiger partial charge in [0.15, 0.2) is 15.6 Å². The van der Waals surface area contributed by atoms with E-state index in [4.69, 9.17) is 32.7 Å². The summed E-state index contributed by atoms with van der Waals surface area (Å²) >= 11 is 12.3. The molecular formula is C33H30Cl2N2O5S. The number of piperidine rings is 1. The molecule has 1 fully saturated rings. The van der Waals surface area contributed by atoms with E-state index in [0.29, 0.717) is 41.7 Å². The van der Waals surface area contributed by atoms with E-state index < -0.39 is 15.9 Å². The van der Waals surface area contributed by atoms with Crippen LogP contribution in [0.4, 0.5) is 4.79 Å². The van der Waals surface area contributed by atoms with Crippen molar-refractivity contribution in [1.29, 1.82) is 0 Å². The number of likely N-dealkylation sites (tertiary alicyclic amines) is 1. The summed E-state index contributed by atoms with van der Waals surface area (Å²) in [6, 6.07) is 24.1. The van der Waals surface area contributed by atoms with Crippen LogP contribution in [0.15, 0.2) is 85.1 Å². The molecule has 0 bridgehead atoms. The summed E-state index contributed by atoms with van der Waals surface area (Å²) in [5.41, 5.74) is 4.17. The van der Waals surface area contributed by atoms with Crippen LogP contribution in [0.1, 0.15) is 36.1 Å². The number of aryl methyl sites for hydroxylation is 1. The molecule has 0 atom stereocenters. The summed E-state index contributed by atoms with van der Waals surface area (Å²) < 4.78 is 37.4. The first-order valence-corrected chi connectivity index (χ1v) is 16.7. The number of rotatable bonds is 6. The first-order valence-electron chi connectivity index (χ1n) is 14.1. The molecule has 4 aromatic rings. The number of hydrogen-bond donors (Lipinski definition) is 0. The van der Waals surface area contributed by atoms with Crippen molar-refractivity contribution in [3.63, 3.8) is 0 Å². The maximum atomic E-state index is 12.8. The van der Waals surface area contributed by atoms with Crippen LogP contribution in [0.3, 0.4) is 0 Å². The summed E-state index contributed by atoms with van der Waals surface area (Å²) in [5, 5.41) is 0.586. The number of aromatic nitrogens is 1. The monoisotopic (exact) mass is 636 g/mol. The van der Waals surface area contributed by atoms with Gasteiger partial charge in [0, 0.05) is 32.1 Å². The van der Waals surface area contributed by atoms with Gasteiger partial charge < -0.3 is 14.4 Å². The van der Waals surface area contributed by atoms with Gasteiger partial charge in [-0.1, -0.05) is 65.7 Å². The van der Waals surface area contributed by atoms with Crippen LogP contribution in [0.2, 0.25) is 10.0 Å². The van der Waals surface area contributed by atoms with Gasteiger partial charge in [-0.15, -0.1) is 0 Å². The number of sulfone groups is 1. The molecule has 0 aliphatic carbocycles. The van der Waals surface area contributed by atoms with Gasteiger partial charge in [-0.05, 0) is 71.5 Å². The summed E-state index contributed by atoms with van der Waals surface area (Å²) in [4.78, 5) is 18.6. The summed E-state index contributed by atoms with van der Waals surface area (Å²) in [7, 11) is -3.34. The van der Waals surface area contributed by atoms with E-state index >= 15 is 0 Å². The first-order chi connectivity index (χ1) is 20.7. The van der Waals surface area contributed by atoms with Gasteiger partial charge in [0.25, 0.3) is 0 Å². The lowest BCUT2D eigenvalue weighted by molar-refractivity contribution is -0.00948. The van der Waals surface area contributed by atoms with E-state index in [1.165, 1.54) is 0 Å². The van der Waals surface area contributed by atoms with E-state index in [2.05, 4.69) is 11.1 Å². The normalized spacial score (nSPS) is 15.9. The Morgan fingerprint density at radius 3 is 2.30 bits per heavy atom. The third-order valence-electron chi connectivity index (χ3n) is 8.05. The zero-order valence-electron chi connectivity index (χ0n) is 23.3. The van der Waals surface area contributed by atoms with E-state index in [1.54, 1.807) is 47.5 Å². The number of amides is 1. The Hall–Kier alpha value is -3.59. The molecule has 0 unspecified atom stereocenters. The van der Waals surface area contributed by atoms with Crippen LogP contribution in [0, 0.1) is 0 Å². The Morgan fingerprint density at radius 1 is 0.884 bits per heavy atom. The number of ether oxygens (including phenoxy) is 2. The second-order valence-electron chi connectivity index (χ2n) is 11.1. The Kier molecular flexibility index (Phi) is 8.36. The number of para-hydroxylation sites is 1. The molecule has 0 saturated carbocycles. The van der Waals surface area contributed by atoms with Crippen molar-refractivity contribution >= 4 is 39.1 Å². The predicted molar refractivity (Wildman–Crippen MR) is 167 cm³/mol. The van der Waals surface area contributed by atoms with Crippen LogP contribution < -0.4 is 9.47 Å². The lowest BCUT2D eigenvalue weighted by atomic mass is 9.82. The standard InChI is InChI=1S/C33H30Cl2N2O5S/c34-28-5-3-6-29(35)31(28)41-32(38)37-18-15-33(16-19-37)14-13-26-20-25(11-12-30(26)42-33)24-9-7-23(8-10-24)21-43(39,40)22-27-4-1-2-17-36-27/h1-12,17,20H,13-16,18-19,21-22H2. The number of carbonyl (C=O) groups excluding carboxylic acids is 1. The van der Waals surface area contributed by atoms with E-state index in [9.17, 15) is 13.2 Å². The van der Waals surface area contributed by atoms with Gasteiger partial charge in [0.1, 0.15) is 11.4 Å². The van der Waals surface area contributed by atoms with E-state index in [-0.39, 0.29) is 22.9 Å². The van der Waals surface area contributed by atoms with Crippen LogP contribution in [-0.4, -0.2) is 43.1 Å². The smallest absolute Gasteiger partial charge is 0.415 e. The molecule has 7 nitrogen and oxygen atoms in total. The van der Waals surface area contributed by atoms with Crippen LogP contribution >= 0.6 is 23.2 Å². The number of nitrogens with zero attached hydrogens (tertiary/aromatic N) is 2. The van der Waals surface area contributed by atoms with Crippen molar-refractivity contribution in [2.45, 2.75) is 42.8 Å². The molecule has 0 N–H and O–H groups in total. The van der Waals surface area contributed by atoms with Crippen LogP contribution in [0.25, 0.3) is 11.1 Å². The quantitative estimate of drug-likeness (QED) is 0.217. The van der Waals surface area contributed by atoms with Crippen molar-refractivity contribution in [3.8, 4) is 22.6 Å². The third-order valence-corrected chi connectivity index (χ3v) is 10.1. The lowest BCUT2D eigenvalue weighted by Crippen LogP contribution is -2.51. The Balaban J connectivity index is 1.06. The molecule has 1 amide bonds. The second-order valence-corrected chi connectivity index (χ2v) is 13.9. The molecule has 2 aliphatic heterocycles. The maximum Gasteiger partial charge on any atom is 0.415 e. The minimum atomic E-state index is -3.34. The SMILES string of the molecule is O=C(Oc1c(Cl)cccc1Cl)N1CCC2(CCc3cc(-c4ccc(CS(=O)(=O)Cc5ccccn5)cc4)ccc3O2)CC1. The minimum Gasteiger partial charge on any atom is -0.487 e. The summed E-state index contributed by atoms with van der Waals surface area (Å²) in [6.45, 7) is 1.02. The molecule has 1 spiro atoms. The molecule has 1 aromatic heterocycles. The van der Waals surface area contributed by atoms with Gasteiger partial charge in [-0.25, -0.2) is 13.2 Å². The number of pyridine rings is 1. The molecule has 6 rings (SSSR count). The summed E-state index contributed by atoms with van der Waals surface area (Å²) in [5.74, 6) is 0.926. The fourth-order valence-corrected chi connectivity index (χ4v) is 7.59. The highest BCUT2D eigenvalue weighted by Crippen LogP contribution is 2.41. The number of fused-ring (bicyclic) bond motifs is 1. The molecule has 1 saturated heterocycles. The Labute approximate surface area is 261 Å². The molecule has 3 aromatic carbocycles. The van der Waals surface area contributed by atoms with Crippen molar-refractivity contribution in [1.82, 2.24) is 9.88 Å². The Bertz CT molecular complexity index is 1720. The number of halogens is 2. The highest BCUT2D eigenvalue weighted by atomic mass is 35.5. The van der Waals surface area contributed by atoms with Gasteiger partial charge >= 0.3 is 6.09 Å². The number of hydrogen-bond acceptors (Lipinski definition) is 6. The van der Waals surface area contributed by atoms with Crippen molar-refractivity contribution < 1.29 is 22.7 Å². The Morgan fingerprint density at radius 2 is 1.60 bits per heavy atom. The summed E-state index contributed by atoms with van der Waals surface area (Å²) in [6.07, 6.45) is 4.25. The number of carbonyl (C=O) groups is 1. The van der Waals surface area contributed by atoms with Gasteiger partial charge in [-0.3, -0.25) is 4.98 Å². The number of benzene rings is 3. The first kappa shape index (κ1) is 29.5. The largest absolute Gasteiger partial charge is 0.487 e. The van der Waals surface area contributed by atoms with Gasteiger partial charge in [-0.2, -0.15) is 0 Å². The highest BCUT2D eigenvalue weighted by molar-refractivity contribution is 7.89. The van der Waals surface area contributed by atoms with Crippen LogP contribution in [0.5, 0.6) is 11.5 Å². The average molecular weight is 638 g/mol. The molecule has 2 aliphatic rings. The van der Waals surface area contributed by atoms with Crippen molar-refractivity contribution in [2.24, 2.45) is 0 Å². The second kappa shape index (κ2) is 12.2. The van der Waals surface area contributed by atoms with E-state index in [1.807, 2.05) is 36.4 Å². The topological polar surface area (TPSA) is 85.8 Å².